The predicted molar refractivity (Wildman–Crippen MR) is 81.5 cm³/mol. The molecular weight excluding hydrogens is 250 g/mol. The molecule has 1 aromatic rings. The average Bonchev–Trinajstić information content (AvgIpc) is 2.88. The van der Waals surface area contributed by atoms with Crippen LogP contribution in [0, 0.1) is 5.92 Å². The molecule has 0 spiro atoms. The average molecular weight is 275 g/mol. The second-order valence-electron chi connectivity index (χ2n) is 5.90. The number of primary amides is 1. The molecule has 3 N–H and O–H groups in total. The summed E-state index contributed by atoms with van der Waals surface area (Å²) in [6.45, 7) is 8.56. The monoisotopic (exact) mass is 275 g/mol. The van der Waals surface area contributed by atoms with Crippen LogP contribution < -0.4 is 11.1 Å². The second kappa shape index (κ2) is 6.86. The van der Waals surface area contributed by atoms with Crippen molar-refractivity contribution in [3.8, 4) is 0 Å². The maximum atomic E-state index is 11.3. The highest BCUT2D eigenvalue weighted by atomic mass is 16.1. The third kappa shape index (κ3) is 3.81. The van der Waals surface area contributed by atoms with E-state index in [4.69, 9.17) is 5.73 Å². The molecular formula is C16H25N3O. The maximum absolute atomic E-state index is 11.3. The van der Waals surface area contributed by atoms with Crippen molar-refractivity contribution in [2.75, 3.05) is 19.6 Å². The fourth-order valence-corrected chi connectivity index (χ4v) is 2.82. The van der Waals surface area contributed by atoms with Crippen molar-refractivity contribution in [1.29, 1.82) is 0 Å². The Morgan fingerprint density at radius 2 is 2.20 bits per heavy atom. The van der Waals surface area contributed by atoms with Gasteiger partial charge in [-0.15, -0.1) is 0 Å². The summed E-state index contributed by atoms with van der Waals surface area (Å²) in [5, 5.41) is 3.46. The van der Waals surface area contributed by atoms with Crippen molar-refractivity contribution in [2.24, 2.45) is 11.7 Å². The van der Waals surface area contributed by atoms with E-state index in [1.54, 1.807) is 6.07 Å². The number of rotatable bonds is 6. The van der Waals surface area contributed by atoms with E-state index in [0.717, 1.165) is 12.1 Å². The van der Waals surface area contributed by atoms with E-state index in [2.05, 4.69) is 24.1 Å². The Balaban J connectivity index is 1.81. The van der Waals surface area contributed by atoms with E-state index in [0.29, 0.717) is 24.1 Å². The lowest BCUT2D eigenvalue weighted by atomic mass is 10.1. The summed E-state index contributed by atoms with van der Waals surface area (Å²) in [7, 11) is 0. The Labute approximate surface area is 121 Å². The summed E-state index contributed by atoms with van der Waals surface area (Å²) >= 11 is 0. The van der Waals surface area contributed by atoms with Gasteiger partial charge in [-0.1, -0.05) is 18.2 Å². The summed E-state index contributed by atoms with van der Waals surface area (Å²) in [5.41, 5.74) is 6.99. The molecule has 0 bridgehead atoms. The van der Waals surface area contributed by atoms with Crippen LogP contribution in [0.4, 0.5) is 0 Å². The van der Waals surface area contributed by atoms with Crippen LogP contribution >= 0.6 is 0 Å². The van der Waals surface area contributed by atoms with Gasteiger partial charge in [-0.25, -0.2) is 0 Å². The normalized spacial score (nSPS) is 19.6. The largest absolute Gasteiger partial charge is 0.366 e. The quantitative estimate of drug-likeness (QED) is 0.829. The number of nitrogens with two attached hydrogens (primary N) is 1. The van der Waals surface area contributed by atoms with Gasteiger partial charge in [0.25, 0.3) is 0 Å². The third-order valence-electron chi connectivity index (χ3n) is 4.08. The van der Waals surface area contributed by atoms with Gasteiger partial charge in [0.1, 0.15) is 0 Å². The fourth-order valence-electron chi connectivity index (χ4n) is 2.82. The van der Waals surface area contributed by atoms with Gasteiger partial charge in [-0.05, 0) is 50.9 Å². The van der Waals surface area contributed by atoms with Gasteiger partial charge >= 0.3 is 0 Å². The fraction of sp³-hybridized carbons (Fsp3) is 0.562. The van der Waals surface area contributed by atoms with Crippen LogP contribution in [-0.4, -0.2) is 36.5 Å². The number of nitrogens with one attached hydrogen (secondary N) is 1. The van der Waals surface area contributed by atoms with Crippen LogP contribution in [0.2, 0.25) is 0 Å². The van der Waals surface area contributed by atoms with Gasteiger partial charge in [-0.2, -0.15) is 0 Å². The lowest BCUT2D eigenvalue weighted by molar-refractivity contribution is 0.0999. The van der Waals surface area contributed by atoms with Gasteiger partial charge in [-0.3, -0.25) is 4.79 Å². The van der Waals surface area contributed by atoms with Crippen LogP contribution in [0.3, 0.4) is 0 Å². The first-order valence-corrected chi connectivity index (χ1v) is 7.40. The van der Waals surface area contributed by atoms with E-state index in [9.17, 15) is 4.79 Å². The Bertz CT molecular complexity index is 459. The van der Waals surface area contributed by atoms with Crippen LogP contribution in [0.1, 0.15) is 36.2 Å². The van der Waals surface area contributed by atoms with E-state index in [-0.39, 0.29) is 5.91 Å². The molecule has 110 valence electrons. The van der Waals surface area contributed by atoms with Crippen LogP contribution in [0.5, 0.6) is 0 Å². The highest BCUT2D eigenvalue weighted by Gasteiger charge is 2.23. The third-order valence-corrected chi connectivity index (χ3v) is 4.08. The predicted octanol–water partition coefficient (Wildman–Crippen LogP) is 1.61. The van der Waals surface area contributed by atoms with Gasteiger partial charge in [0.2, 0.25) is 5.91 Å². The molecule has 1 atom stereocenters. The Morgan fingerprint density at radius 1 is 1.45 bits per heavy atom. The van der Waals surface area contributed by atoms with Crippen LogP contribution in [0.25, 0.3) is 0 Å². The SMILES string of the molecule is CC(C)N1CCC(CNCc2ccccc2C(N)=O)C1. The molecule has 1 aliphatic heterocycles. The number of hydrogen-bond donors (Lipinski definition) is 2. The molecule has 1 aromatic carbocycles. The highest BCUT2D eigenvalue weighted by Crippen LogP contribution is 2.18. The molecule has 0 aliphatic carbocycles. The summed E-state index contributed by atoms with van der Waals surface area (Å²) in [5.74, 6) is 0.354. The summed E-state index contributed by atoms with van der Waals surface area (Å²) in [4.78, 5) is 13.9. The van der Waals surface area contributed by atoms with Crippen molar-refractivity contribution in [2.45, 2.75) is 32.9 Å². The first-order chi connectivity index (χ1) is 9.58. The standard InChI is InChI=1S/C16H25N3O/c1-12(2)19-8-7-13(11-19)9-18-10-14-5-3-4-6-15(14)16(17)20/h3-6,12-13,18H,7-11H2,1-2H3,(H2,17,20). The van der Waals surface area contributed by atoms with Crippen molar-refractivity contribution < 1.29 is 4.79 Å². The topological polar surface area (TPSA) is 58.4 Å². The molecule has 1 fully saturated rings. The minimum Gasteiger partial charge on any atom is -0.366 e. The van der Waals surface area contributed by atoms with E-state index in [1.165, 1.54) is 19.5 Å². The number of likely N-dealkylation sites (tertiary alicyclic amines) is 1. The number of nitrogens with zero attached hydrogens (tertiary/aromatic N) is 1. The molecule has 1 saturated heterocycles. The number of benzene rings is 1. The molecule has 0 saturated carbocycles. The minimum atomic E-state index is -0.353. The van der Waals surface area contributed by atoms with Gasteiger partial charge in [0, 0.05) is 24.7 Å². The minimum absolute atomic E-state index is 0.353. The maximum Gasteiger partial charge on any atom is 0.249 e. The molecule has 20 heavy (non-hydrogen) atoms. The number of carbonyl (C=O) groups is 1. The number of amides is 1. The van der Waals surface area contributed by atoms with Crippen LogP contribution in [-0.2, 0) is 6.54 Å². The number of carbonyl (C=O) groups excluding carboxylic acids is 1. The van der Waals surface area contributed by atoms with Gasteiger partial charge in [0.05, 0.1) is 0 Å². The van der Waals surface area contributed by atoms with Crippen molar-refractivity contribution in [3.05, 3.63) is 35.4 Å². The smallest absolute Gasteiger partial charge is 0.249 e. The molecule has 0 radical (unpaired) electrons. The van der Waals surface area contributed by atoms with Crippen molar-refractivity contribution in [3.63, 3.8) is 0 Å². The van der Waals surface area contributed by atoms with Crippen molar-refractivity contribution in [1.82, 2.24) is 10.2 Å². The van der Waals surface area contributed by atoms with E-state index in [1.807, 2.05) is 18.2 Å². The first kappa shape index (κ1) is 15.0. The van der Waals surface area contributed by atoms with Crippen LogP contribution in [0.15, 0.2) is 24.3 Å². The summed E-state index contributed by atoms with van der Waals surface area (Å²) in [6.07, 6.45) is 1.25. The molecule has 1 aliphatic rings. The van der Waals surface area contributed by atoms with Gasteiger partial charge in [0.15, 0.2) is 0 Å². The zero-order chi connectivity index (χ0) is 14.5. The second-order valence-corrected chi connectivity index (χ2v) is 5.90. The Hall–Kier alpha value is -1.39. The number of hydrogen-bond acceptors (Lipinski definition) is 3. The molecule has 1 amide bonds. The zero-order valence-electron chi connectivity index (χ0n) is 12.4. The zero-order valence-corrected chi connectivity index (χ0v) is 12.4. The molecule has 2 rings (SSSR count). The molecule has 0 aromatic heterocycles. The van der Waals surface area contributed by atoms with E-state index >= 15 is 0 Å². The first-order valence-electron chi connectivity index (χ1n) is 7.40. The van der Waals surface area contributed by atoms with E-state index < -0.39 is 0 Å². The lowest BCUT2D eigenvalue weighted by Crippen LogP contribution is -2.30. The lowest BCUT2D eigenvalue weighted by Gasteiger charge is -2.20. The summed E-state index contributed by atoms with van der Waals surface area (Å²) in [6, 6.07) is 8.17. The highest BCUT2D eigenvalue weighted by molar-refractivity contribution is 5.94. The molecule has 1 heterocycles. The van der Waals surface area contributed by atoms with Gasteiger partial charge < -0.3 is 16.0 Å². The molecule has 1 unspecified atom stereocenters. The molecule has 4 heteroatoms. The Morgan fingerprint density at radius 3 is 2.85 bits per heavy atom. The van der Waals surface area contributed by atoms with Crippen molar-refractivity contribution >= 4 is 5.91 Å². The Kier molecular flexibility index (Phi) is 5.15. The molecule has 4 nitrogen and oxygen atoms in total. The summed E-state index contributed by atoms with van der Waals surface area (Å²) < 4.78 is 0.